The molecule has 8 heteroatoms. The molecule has 2 unspecified atom stereocenters. The lowest BCUT2D eigenvalue weighted by molar-refractivity contribution is 0.200. The van der Waals surface area contributed by atoms with Gasteiger partial charge in [0.2, 0.25) is 0 Å². The Balaban J connectivity index is 3.01. The van der Waals surface area contributed by atoms with E-state index in [1.807, 2.05) is 0 Å². The molecule has 1 aliphatic heterocycles. The molecule has 6 nitrogen and oxygen atoms in total. The third kappa shape index (κ3) is 1.94. The highest BCUT2D eigenvalue weighted by Gasteiger charge is 2.40. The monoisotopic (exact) mass is 215 g/mol. The van der Waals surface area contributed by atoms with Crippen molar-refractivity contribution in [2.24, 2.45) is 0 Å². The van der Waals surface area contributed by atoms with Crippen molar-refractivity contribution in [1.82, 2.24) is 0 Å². The molecule has 2 atom stereocenters. The Morgan fingerprint density at radius 1 is 1.33 bits per heavy atom. The highest BCUT2D eigenvalue weighted by atomic mass is 32.2. The minimum atomic E-state index is -4.70. The molecule has 1 heterocycles. The lowest BCUT2D eigenvalue weighted by Gasteiger charge is -2.16. The van der Waals surface area contributed by atoms with Crippen LogP contribution in [0.15, 0.2) is 0 Å². The Hall–Kier alpha value is -0.180. The molecule has 12 heavy (non-hydrogen) atoms. The largest absolute Gasteiger partial charge is 0.748 e. The van der Waals surface area contributed by atoms with Gasteiger partial charge in [0.15, 0.2) is 9.84 Å². The summed E-state index contributed by atoms with van der Waals surface area (Å²) in [5.74, 6) is -1.40. The number of rotatable bonds is 1. The summed E-state index contributed by atoms with van der Waals surface area (Å²) in [7, 11) is -8.26. The van der Waals surface area contributed by atoms with E-state index in [0.717, 1.165) is 0 Å². The van der Waals surface area contributed by atoms with Crippen LogP contribution in [0.2, 0.25) is 0 Å². The molecule has 72 valence electrons. The lowest BCUT2D eigenvalue weighted by atomic mass is 10.3. The van der Waals surface area contributed by atoms with Crippen LogP contribution in [-0.2, 0) is 20.0 Å². The Morgan fingerprint density at radius 2 is 1.83 bits per heavy atom. The van der Waals surface area contributed by atoms with Gasteiger partial charge in [0.05, 0.1) is 22.9 Å². The van der Waals surface area contributed by atoms with Gasteiger partial charge in [0.1, 0.15) is 10.1 Å². The van der Waals surface area contributed by atoms with Gasteiger partial charge in [-0.25, -0.2) is 16.8 Å². The standard InChI is InChI=1S/C4H8O6S2/c5-3-1-11(6,7)2-4(3)12(8,9)10/h3-5H,1-2H2,(H,8,9,10)/p-1. The normalized spacial score (nSPS) is 35.2. The van der Waals surface area contributed by atoms with Gasteiger partial charge in [0, 0.05) is 0 Å². The van der Waals surface area contributed by atoms with E-state index in [1.54, 1.807) is 0 Å². The molecule has 0 amide bonds. The summed E-state index contributed by atoms with van der Waals surface area (Å²) in [5.41, 5.74) is 0. The first-order valence-electron chi connectivity index (χ1n) is 3.05. The first kappa shape index (κ1) is 9.90. The van der Waals surface area contributed by atoms with Crippen LogP contribution in [0.25, 0.3) is 0 Å². The van der Waals surface area contributed by atoms with Crippen molar-refractivity contribution in [3.8, 4) is 0 Å². The van der Waals surface area contributed by atoms with E-state index in [2.05, 4.69) is 0 Å². The molecular formula is C4H7O6S2-. The number of sulfone groups is 1. The fourth-order valence-corrected chi connectivity index (χ4v) is 4.58. The van der Waals surface area contributed by atoms with Gasteiger partial charge >= 0.3 is 0 Å². The van der Waals surface area contributed by atoms with Gasteiger partial charge in [-0.05, 0) is 0 Å². The summed E-state index contributed by atoms with van der Waals surface area (Å²) in [6, 6.07) is 0. The summed E-state index contributed by atoms with van der Waals surface area (Å²) in [6.07, 6.45) is -1.57. The molecule has 0 aliphatic carbocycles. The van der Waals surface area contributed by atoms with Crippen molar-refractivity contribution in [1.29, 1.82) is 0 Å². The average Bonchev–Trinajstić information content (AvgIpc) is 2.03. The minimum Gasteiger partial charge on any atom is -0.748 e. The molecule has 1 rings (SSSR count). The molecule has 1 aliphatic rings. The smallest absolute Gasteiger partial charge is 0.154 e. The van der Waals surface area contributed by atoms with E-state index in [-0.39, 0.29) is 0 Å². The van der Waals surface area contributed by atoms with E-state index in [9.17, 15) is 21.4 Å². The second-order valence-corrected chi connectivity index (χ2v) is 6.42. The van der Waals surface area contributed by atoms with Crippen molar-refractivity contribution in [2.45, 2.75) is 11.4 Å². The molecule has 0 aromatic rings. The third-order valence-electron chi connectivity index (χ3n) is 1.64. The van der Waals surface area contributed by atoms with Crippen LogP contribution < -0.4 is 0 Å². The average molecular weight is 215 g/mol. The highest BCUT2D eigenvalue weighted by molar-refractivity contribution is 7.94. The lowest BCUT2D eigenvalue weighted by Crippen LogP contribution is -2.32. The van der Waals surface area contributed by atoms with E-state index < -0.39 is 42.8 Å². The molecule has 0 saturated carbocycles. The van der Waals surface area contributed by atoms with E-state index >= 15 is 0 Å². The van der Waals surface area contributed by atoms with Crippen LogP contribution in [0, 0.1) is 0 Å². The molecule has 0 spiro atoms. The molecule has 1 N–H and O–H groups in total. The van der Waals surface area contributed by atoms with Crippen LogP contribution in [0.4, 0.5) is 0 Å². The van der Waals surface area contributed by atoms with Gasteiger partial charge in [-0.1, -0.05) is 0 Å². The Morgan fingerprint density at radius 3 is 2.00 bits per heavy atom. The predicted molar refractivity (Wildman–Crippen MR) is 38.1 cm³/mol. The Kier molecular flexibility index (Phi) is 2.19. The van der Waals surface area contributed by atoms with Gasteiger partial charge < -0.3 is 9.66 Å². The maximum atomic E-state index is 10.7. The van der Waals surface area contributed by atoms with Gasteiger partial charge in [-0.3, -0.25) is 0 Å². The van der Waals surface area contributed by atoms with Crippen molar-refractivity contribution in [2.75, 3.05) is 11.5 Å². The topological polar surface area (TPSA) is 112 Å². The molecular weight excluding hydrogens is 208 g/mol. The van der Waals surface area contributed by atoms with E-state index in [0.29, 0.717) is 0 Å². The van der Waals surface area contributed by atoms with E-state index in [4.69, 9.17) is 5.11 Å². The molecule has 1 saturated heterocycles. The van der Waals surface area contributed by atoms with Crippen LogP contribution in [0.5, 0.6) is 0 Å². The summed E-state index contributed by atoms with van der Waals surface area (Å²) < 4.78 is 52.5. The summed E-state index contributed by atoms with van der Waals surface area (Å²) in [4.78, 5) is 0. The first-order chi connectivity index (χ1) is 5.22. The van der Waals surface area contributed by atoms with Crippen molar-refractivity contribution < 1.29 is 26.5 Å². The second-order valence-electron chi connectivity index (χ2n) is 2.68. The van der Waals surface area contributed by atoms with Crippen molar-refractivity contribution in [3.63, 3.8) is 0 Å². The van der Waals surface area contributed by atoms with Crippen LogP contribution in [-0.4, -0.2) is 49.4 Å². The van der Waals surface area contributed by atoms with Crippen LogP contribution in [0.1, 0.15) is 0 Å². The molecule has 0 bridgehead atoms. The zero-order valence-corrected chi connectivity index (χ0v) is 7.51. The van der Waals surface area contributed by atoms with Gasteiger partial charge in [-0.2, -0.15) is 0 Å². The SMILES string of the molecule is O=S1(=O)CC(O)C(S(=O)(=O)[O-])C1. The molecule has 1 fully saturated rings. The quantitative estimate of drug-likeness (QED) is 0.492. The maximum Gasteiger partial charge on any atom is 0.154 e. The Labute approximate surface area is 69.9 Å². The Bertz CT molecular complexity index is 364. The fraction of sp³-hybridized carbons (Fsp3) is 1.00. The van der Waals surface area contributed by atoms with E-state index in [1.165, 1.54) is 0 Å². The maximum absolute atomic E-state index is 10.7. The van der Waals surface area contributed by atoms with Crippen LogP contribution in [0.3, 0.4) is 0 Å². The van der Waals surface area contributed by atoms with Crippen molar-refractivity contribution in [3.05, 3.63) is 0 Å². The minimum absolute atomic E-state index is 0.640. The van der Waals surface area contributed by atoms with Gasteiger partial charge in [-0.15, -0.1) is 0 Å². The third-order valence-corrected chi connectivity index (χ3v) is 4.79. The number of aliphatic hydroxyl groups excluding tert-OH is 1. The number of hydrogen-bond acceptors (Lipinski definition) is 6. The molecule has 0 radical (unpaired) electrons. The zero-order chi connectivity index (χ0) is 9.57. The zero-order valence-electron chi connectivity index (χ0n) is 5.87. The van der Waals surface area contributed by atoms with Gasteiger partial charge in [0.25, 0.3) is 0 Å². The number of aliphatic hydroxyl groups is 1. The second kappa shape index (κ2) is 2.66. The first-order valence-corrected chi connectivity index (χ1v) is 6.35. The highest BCUT2D eigenvalue weighted by Crippen LogP contribution is 2.18. The summed E-state index contributed by atoms with van der Waals surface area (Å²) in [5, 5.41) is 7.21. The molecule has 0 aromatic carbocycles. The van der Waals surface area contributed by atoms with Crippen molar-refractivity contribution >= 4 is 20.0 Å². The van der Waals surface area contributed by atoms with Crippen LogP contribution >= 0.6 is 0 Å². The molecule has 0 aromatic heterocycles. The fourth-order valence-electron chi connectivity index (χ4n) is 1.07. The predicted octanol–water partition coefficient (Wildman–Crippen LogP) is -2.31. The summed E-state index contributed by atoms with van der Waals surface area (Å²) >= 11 is 0. The number of hydrogen-bond donors (Lipinski definition) is 1. The summed E-state index contributed by atoms with van der Waals surface area (Å²) in [6.45, 7) is 0.